The third-order valence-corrected chi connectivity index (χ3v) is 6.18. The number of anilines is 1. The third kappa shape index (κ3) is 5.01. The Balaban J connectivity index is 1.36. The van der Waals surface area contributed by atoms with E-state index in [4.69, 9.17) is 0 Å². The van der Waals surface area contributed by atoms with Gasteiger partial charge in [-0.2, -0.15) is 13.2 Å². The number of halogens is 3. The molecule has 1 saturated heterocycles. The first-order chi connectivity index (χ1) is 17.3. The number of nitrogens with one attached hydrogen (secondary N) is 2. The molecule has 0 atom stereocenters. The van der Waals surface area contributed by atoms with Gasteiger partial charge in [0.1, 0.15) is 5.52 Å². The molecule has 0 saturated carbocycles. The number of rotatable bonds is 5. The van der Waals surface area contributed by atoms with Crippen LogP contribution in [0.15, 0.2) is 54.9 Å². The Bertz CT molecular complexity index is 1380. The second-order valence-electron chi connectivity index (χ2n) is 8.72. The summed E-state index contributed by atoms with van der Waals surface area (Å²) in [7, 11) is 2.04. The number of amides is 1. The van der Waals surface area contributed by atoms with Gasteiger partial charge in [-0.3, -0.25) is 4.79 Å². The van der Waals surface area contributed by atoms with Crippen molar-refractivity contribution in [2.75, 3.05) is 38.5 Å². The number of carbonyl (C=O) groups is 1. The average molecular weight is 496 g/mol. The van der Waals surface area contributed by atoms with Crippen molar-refractivity contribution in [3.05, 3.63) is 71.5 Å². The number of hydrogen-bond acceptors (Lipinski definition) is 6. The first-order valence-electron chi connectivity index (χ1n) is 11.5. The molecule has 186 valence electrons. The van der Waals surface area contributed by atoms with Crippen LogP contribution in [-0.2, 0) is 12.7 Å². The highest BCUT2D eigenvalue weighted by molar-refractivity contribution is 5.95. The van der Waals surface area contributed by atoms with Gasteiger partial charge in [-0.1, -0.05) is 24.3 Å². The summed E-state index contributed by atoms with van der Waals surface area (Å²) in [5.41, 5.74) is 2.01. The number of carbonyl (C=O) groups excluding carboxylic acids is 1. The molecule has 1 aliphatic heterocycles. The molecule has 8 nitrogen and oxygen atoms in total. The lowest BCUT2D eigenvalue weighted by Gasteiger charge is -2.32. The maximum Gasteiger partial charge on any atom is 0.416 e. The van der Waals surface area contributed by atoms with Gasteiger partial charge in [0.15, 0.2) is 17.3 Å². The van der Waals surface area contributed by atoms with E-state index in [2.05, 4.69) is 30.2 Å². The number of imidazole rings is 1. The minimum absolute atomic E-state index is 0.0123. The number of hydrogen-bond donors (Lipinski definition) is 2. The lowest BCUT2D eigenvalue weighted by Crippen LogP contribution is -2.47. The molecule has 1 amide bonds. The van der Waals surface area contributed by atoms with Crippen LogP contribution in [0.25, 0.3) is 22.6 Å². The van der Waals surface area contributed by atoms with Crippen molar-refractivity contribution in [2.45, 2.75) is 12.7 Å². The Kier molecular flexibility index (Phi) is 6.31. The molecule has 0 aliphatic carbocycles. The van der Waals surface area contributed by atoms with Crippen molar-refractivity contribution in [3.63, 3.8) is 0 Å². The van der Waals surface area contributed by atoms with E-state index in [0.717, 1.165) is 25.2 Å². The van der Waals surface area contributed by atoms with E-state index >= 15 is 0 Å². The Morgan fingerprint density at radius 1 is 1.06 bits per heavy atom. The molecule has 2 aromatic carbocycles. The third-order valence-electron chi connectivity index (χ3n) is 6.18. The summed E-state index contributed by atoms with van der Waals surface area (Å²) in [6.45, 7) is 3.20. The number of fused-ring (bicyclic) bond motifs is 1. The number of alkyl halides is 3. The Labute approximate surface area is 205 Å². The van der Waals surface area contributed by atoms with Crippen LogP contribution in [0, 0.1) is 0 Å². The summed E-state index contributed by atoms with van der Waals surface area (Å²) < 4.78 is 39.2. The highest BCUT2D eigenvalue weighted by atomic mass is 19.4. The zero-order chi connectivity index (χ0) is 25.3. The maximum atomic E-state index is 13.1. The number of nitrogens with zero attached hydrogens (tertiary/aromatic N) is 5. The highest BCUT2D eigenvalue weighted by Crippen LogP contribution is 2.30. The van der Waals surface area contributed by atoms with Crippen LogP contribution in [0.2, 0.25) is 0 Å². The molecule has 5 rings (SSSR count). The molecule has 2 N–H and O–H groups in total. The van der Waals surface area contributed by atoms with Crippen molar-refractivity contribution < 1.29 is 18.0 Å². The van der Waals surface area contributed by atoms with Crippen molar-refractivity contribution >= 4 is 22.9 Å². The smallest absolute Gasteiger partial charge is 0.364 e. The molecule has 0 spiro atoms. The fourth-order valence-corrected chi connectivity index (χ4v) is 4.09. The summed E-state index contributed by atoms with van der Waals surface area (Å²) in [4.78, 5) is 33.1. The Morgan fingerprint density at radius 3 is 2.53 bits per heavy atom. The van der Waals surface area contributed by atoms with Crippen LogP contribution in [0.5, 0.6) is 0 Å². The lowest BCUT2D eigenvalue weighted by atomic mass is 10.1. The number of aromatic nitrogens is 4. The maximum absolute atomic E-state index is 13.1. The molecule has 3 heterocycles. The molecule has 11 heteroatoms. The standard InChI is InChI=1S/C25H24F3N7O/c1-34-9-11-35(12-10-34)24(36)18-7-5-17(6-8-18)21-32-22(20-23(33-21)31-15-30-20)29-14-16-3-2-4-19(13-16)25(26,27)28/h2-8,13,15H,9-12,14H2,1H3,(H2,29,30,31,32,33). The summed E-state index contributed by atoms with van der Waals surface area (Å²) in [5, 5.41) is 3.10. The lowest BCUT2D eigenvalue weighted by molar-refractivity contribution is -0.137. The topological polar surface area (TPSA) is 90.0 Å². The van der Waals surface area contributed by atoms with E-state index in [1.165, 1.54) is 12.4 Å². The molecular weight excluding hydrogens is 471 g/mol. The van der Waals surface area contributed by atoms with Gasteiger partial charge in [0, 0.05) is 43.9 Å². The number of aromatic amines is 1. The van der Waals surface area contributed by atoms with Gasteiger partial charge in [-0.25, -0.2) is 15.0 Å². The van der Waals surface area contributed by atoms with Crippen LogP contribution >= 0.6 is 0 Å². The first-order valence-corrected chi connectivity index (χ1v) is 11.5. The van der Waals surface area contributed by atoms with E-state index in [0.29, 0.717) is 52.6 Å². The molecule has 1 fully saturated rings. The number of benzene rings is 2. The van der Waals surface area contributed by atoms with Crippen LogP contribution < -0.4 is 5.32 Å². The van der Waals surface area contributed by atoms with Crippen molar-refractivity contribution in [1.29, 1.82) is 0 Å². The highest BCUT2D eigenvalue weighted by Gasteiger charge is 2.30. The number of H-pyrrole nitrogens is 1. The summed E-state index contributed by atoms with van der Waals surface area (Å²) >= 11 is 0. The van der Waals surface area contributed by atoms with Crippen molar-refractivity contribution in [3.8, 4) is 11.4 Å². The summed E-state index contributed by atoms with van der Waals surface area (Å²) in [5.74, 6) is 0.795. The van der Waals surface area contributed by atoms with Gasteiger partial charge in [0.25, 0.3) is 5.91 Å². The molecule has 1 aliphatic rings. The second-order valence-corrected chi connectivity index (χ2v) is 8.72. The molecular formula is C25H24F3N7O. The minimum atomic E-state index is -4.41. The quantitative estimate of drug-likeness (QED) is 0.435. The Hall–Kier alpha value is -3.99. The fraction of sp³-hybridized carbons (Fsp3) is 0.280. The van der Waals surface area contributed by atoms with Crippen LogP contribution in [-0.4, -0.2) is 68.9 Å². The van der Waals surface area contributed by atoms with Gasteiger partial charge >= 0.3 is 6.18 Å². The molecule has 0 radical (unpaired) electrons. The SMILES string of the molecule is CN1CCN(C(=O)c2ccc(-c3nc(NCc4cccc(C(F)(F)F)c4)c4[nH]cnc4n3)cc2)CC1. The van der Waals surface area contributed by atoms with Crippen molar-refractivity contribution in [2.24, 2.45) is 0 Å². The van der Waals surface area contributed by atoms with E-state index in [1.54, 1.807) is 30.3 Å². The largest absolute Gasteiger partial charge is 0.416 e. The zero-order valence-electron chi connectivity index (χ0n) is 19.5. The van der Waals surface area contributed by atoms with Crippen LogP contribution in [0.1, 0.15) is 21.5 Å². The Morgan fingerprint density at radius 2 is 1.81 bits per heavy atom. The fourth-order valence-electron chi connectivity index (χ4n) is 4.09. The predicted octanol–water partition coefficient (Wildman–Crippen LogP) is 4.04. The van der Waals surface area contributed by atoms with E-state index < -0.39 is 11.7 Å². The van der Waals surface area contributed by atoms with Crippen LogP contribution in [0.4, 0.5) is 19.0 Å². The first kappa shape index (κ1) is 23.7. The van der Waals surface area contributed by atoms with Crippen molar-refractivity contribution in [1.82, 2.24) is 29.7 Å². The molecule has 0 bridgehead atoms. The van der Waals surface area contributed by atoms with Gasteiger partial charge < -0.3 is 20.1 Å². The summed E-state index contributed by atoms with van der Waals surface area (Å²) in [6, 6.07) is 12.2. The summed E-state index contributed by atoms with van der Waals surface area (Å²) in [6.07, 6.45) is -2.93. The molecule has 0 unspecified atom stereocenters. The number of likely N-dealkylation sites (N-methyl/N-ethyl adjacent to an activating group) is 1. The molecule has 2 aromatic heterocycles. The van der Waals surface area contributed by atoms with E-state index in [1.807, 2.05) is 11.9 Å². The monoisotopic (exact) mass is 495 g/mol. The number of piperazine rings is 1. The van der Waals surface area contributed by atoms with E-state index in [-0.39, 0.29) is 12.5 Å². The van der Waals surface area contributed by atoms with Gasteiger partial charge in [-0.15, -0.1) is 0 Å². The van der Waals surface area contributed by atoms with Crippen LogP contribution in [0.3, 0.4) is 0 Å². The minimum Gasteiger partial charge on any atom is -0.364 e. The predicted molar refractivity (Wildman–Crippen MR) is 129 cm³/mol. The molecule has 4 aromatic rings. The second kappa shape index (κ2) is 9.57. The van der Waals surface area contributed by atoms with Gasteiger partial charge in [-0.05, 0) is 36.9 Å². The van der Waals surface area contributed by atoms with Gasteiger partial charge in [0.2, 0.25) is 0 Å². The zero-order valence-corrected chi connectivity index (χ0v) is 19.5. The van der Waals surface area contributed by atoms with Gasteiger partial charge in [0.05, 0.1) is 11.9 Å². The average Bonchev–Trinajstić information content (AvgIpc) is 3.36. The normalized spacial score (nSPS) is 14.8. The van der Waals surface area contributed by atoms with E-state index in [9.17, 15) is 18.0 Å². The molecule has 36 heavy (non-hydrogen) atoms.